The van der Waals surface area contributed by atoms with E-state index < -0.39 is 0 Å². The van der Waals surface area contributed by atoms with Crippen molar-refractivity contribution in [3.8, 4) is 0 Å². The van der Waals surface area contributed by atoms with Gasteiger partial charge in [0.05, 0.1) is 0 Å². The van der Waals surface area contributed by atoms with Crippen LogP contribution in [0.3, 0.4) is 0 Å². The minimum absolute atomic E-state index is 0. The van der Waals surface area contributed by atoms with E-state index in [1.807, 2.05) is 0 Å². The maximum Gasteiger partial charge on any atom is 3.00 e. The van der Waals surface area contributed by atoms with E-state index in [0.717, 1.165) is 0 Å². The molecule has 14 N–H and O–H groups in total. The monoisotopic (exact) mass is 383 g/mol. The molecule has 7 nitrogen and oxygen atoms in total. The Morgan fingerprint density at radius 3 is 0.273 bits per heavy atom. The van der Waals surface area contributed by atoms with Gasteiger partial charge in [0.25, 0.3) is 0 Å². The van der Waals surface area contributed by atoms with Crippen LogP contribution in [0, 0.1) is 40.4 Å². The topological polar surface area (TPSA) is 220 Å². The Morgan fingerprint density at radius 2 is 0.273 bits per heavy atom. The molecule has 11 heavy (non-hydrogen) atoms. The Hall–Kier alpha value is 1.93. The Morgan fingerprint density at radius 1 is 0.273 bits per heavy atom. The summed E-state index contributed by atoms with van der Waals surface area (Å²) in [4.78, 5) is 0. The molecule has 0 amide bonds. The van der Waals surface area contributed by atoms with Crippen molar-refractivity contribution in [3.63, 3.8) is 0 Å². The first-order chi connectivity index (χ1) is 0. The molecule has 11 heteroatoms. The number of hydrogen-bond donors (Lipinski definition) is 0. The molecule has 0 aliphatic heterocycles. The molecule has 0 aromatic carbocycles. The van der Waals surface area contributed by atoms with Crippen LogP contribution in [0.2, 0.25) is 0 Å². The van der Waals surface area contributed by atoms with Crippen molar-refractivity contribution in [2.24, 2.45) is 0 Å². The first kappa shape index (κ1) is 495. The van der Waals surface area contributed by atoms with E-state index in [1.165, 1.54) is 0 Å². The number of hydrogen-bond acceptors (Lipinski definition) is 0. The van der Waals surface area contributed by atoms with E-state index in [9.17, 15) is 0 Å². The average Bonchev–Trinajstić information content (AvgIpc) is 0. The summed E-state index contributed by atoms with van der Waals surface area (Å²) in [5, 5.41) is 0. The van der Waals surface area contributed by atoms with Gasteiger partial charge in [-0.25, -0.2) is 0 Å². The molecule has 0 saturated heterocycles. The first-order valence-electron chi connectivity index (χ1n) is 0. The zero-order valence-electron chi connectivity index (χ0n) is 5.04. The average molecular weight is 383 g/mol. The van der Waals surface area contributed by atoms with Crippen LogP contribution < -0.4 is 37.2 Å². The van der Waals surface area contributed by atoms with Gasteiger partial charge in [-0.15, -0.1) is 0 Å². The number of halogens is 3. The molecule has 0 spiro atoms. The van der Waals surface area contributed by atoms with Gasteiger partial charge in [-0.2, -0.15) is 0 Å². The van der Waals surface area contributed by atoms with E-state index in [2.05, 4.69) is 0 Å². The van der Waals surface area contributed by atoms with Crippen LogP contribution in [0.15, 0.2) is 0 Å². The van der Waals surface area contributed by atoms with E-state index in [4.69, 9.17) is 0 Å². The summed E-state index contributed by atoms with van der Waals surface area (Å²) < 4.78 is 0. The summed E-state index contributed by atoms with van der Waals surface area (Å²) in [5.74, 6) is 0. The molecular formula is H14Cl3O7Sm. The van der Waals surface area contributed by atoms with Crippen LogP contribution in [0.25, 0.3) is 0 Å². The standard InChI is InChI=1S/3ClH.7H2O.Sm/h3*1H;7*1H2;/q;;;;;;;;;;+3/p-3. The van der Waals surface area contributed by atoms with Crippen molar-refractivity contribution >= 4 is 0 Å². The second-order valence-electron chi connectivity index (χ2n) is 0. The second-order valence-corrected chi connectivity index (χ2v) is 0. The maximum atomic E-state index is 0. The van der Waals surface area contributed by atoms with Gasteiger partial charge in [-0.3, -0.25) is 0 Å². The Labute approximate surface area is 115 Å². The van der Waals surface area contributed by atoms with Crippen LogP contribution in [0.4, 0.5) is 0 Å². The largest absolute Gasteiger partial charge is 3.00 e. The zero-order valence-corrected chi connectivity index (χ0v) is 9.93. The molecule has 0 aliphatic carbocycles. The third kappa shape index (κ3) is 316. The summed E-state index contributed by atoms with van der Waals surface area (Å²) in [6.07, 6.45) is 0. The molecule has 0 aliphatic rings. The predicted molar refractivity (Wildman–Crippen MR) is 25.3 cm³/mol. The molecule has 0 bridgehead atoms. The van der Waals surface area contributed by atoms with Crippen molar-refractivity contribution < 1.29 is 116 Å². The van der Waals surface area contributed by atoms with E-state index in [0.29, 0.717) is 0 Å². The predicted octanol–water partition coefficient (Wildman–Crippen LogP) is -14.8. The van der Waals surface area contributed by atoms with Crippen LogP contribution in [-0.4, -0.2) is 38.3 Å². The molecule has 0 unspecified atom stereocenters. The van der Waals surface area contributed by atoms with Gasteiger partial charge in [0.2, 0.25) is 0 Å². The van der Waals surface area contributed by atoms with Gasteiger partial charge in [0.15, 0.2) is 0 Å². The van der Waals surface area contributed by atoms with E-state index in [-0.39, 0.29) is 116 Å². The first-order valence-corrected chi connectivity index (χ1v) is 0. The molecule has 0 heterocycles. The van der Waals surface area contributed by atoms with Crippen molar-refractivity contribution in [1.82, 2.24) is 0 Å². The molecule has 0 aromatic heterocycles. The summed E-state index contributed by atoms with van der Waals surface area (Å²) in [5.41, 5.74) is 0. The fourth-order valence-electron chi connectivity index (χ4n) is 0. The summed E-state index contributed by atoms with van der Waals surface area (Å²) in [7, 11) is 0. The third-order valence-corrected chi connectivity index (χ3v) is 0. The second kappa shape index (κ2) is 383. The molecular weight excluding hydrogens is 369 g/mol. The van der Waals surface area contributed by atoms with Gasteiger partial charge >= 0.3 is 40.4 Å². The molecule has 0 rings (SSSR count). The minimum Gasteiger partial charge on any atom is -1.00 e. The molecule has 0 atom stereocenters. The SMILES string of the molecule is O.O.O.O.O.O.O.[Cl-].[Cl-].[Cl-].[Sm+3]. The molecule has 1 radical (unpaired) electrons. The quantitative estimate of drug-likeness (QED) is 0.380. The van der Waals surface area contributed by atoms with E-state index in [1.54, 1.807) is 0 Å². The number of rotatable bonds is 0. The van der Waals surface area contributed by atoms with E-state index >= 15 is 0 Å². The van der Waals surface area contributed by atoms with Gasteiger partial charge in [-0.05, 0) is 0 Å². The summed E-state index contributed by atoms with van der Waals surface area (Å²) in [6, 6.07) is 0. The van der Waals surface area contributed by atoms with Gasteiger partial charge in [0.1, 0.15) is 0 Å². The zero-order chi connectivity index (χ0) is 0. The normalized spacial score (nSPS) is 0. The summed E-state index contributed by atoms with van der Waals surface area (Å²) in [6.45, 7) is 0. The van der Waals surface area contributed by atoms with Crippen LogP contribution in [0.5, 0.6) is 0 Å². The molecule has 0 fully saturated rings. The van der Waals surface area contributed by atoms with Crippen molar-refractivity contribution in [2.75, 3.05) is 0 Å². The minimum atomic E-state index is 0. The maximum absolute atomic E-state index is 0. The summed E-state index contributed by atoms with van der Waals surface area (Å²) >= 11 is 0. The van der Waals surface area contributed by atoms with Crippen molar-refractivity contribution in [2.45, 2.75) is 0 Å². The third-order valence-electron chi connectivity index (χ3n) is 0. The Balaban J connectivity index is 0. The van der Waals surface area contributed by atoms with Gasteiger partial charge in [0, 0.05) is 0 Å². The van der Waals surface area contributed by atoms with Crippen LogP contribution in [0.1, 0.15) is 0 Å². The van der Waals surface area contributed by atoms with Crippen LogP contribution in [-0.2, 0) is 0 Å². The van der Waals surface area contributed by atoms with Crippen molar-refractivity contribution in [1.29, 1.82) is 0 Å². The van der Waals surface area contributed by atoms with Crippen LogP contribution >= 0.6 is 0 Å². The fourth-order valence-corrected chi connectivity index (χ4v) is 0. The molecule has 0 aromatic rings. The smallest absolute Gasteiger partial charge is 1.00 e. The van der Waals surface area contributed by atoms with Gasteiger partial charge in [-0.1, -0.05) is 0 Å². The van der Waals surface area contributed by atoms with Gasteiger partial charge < -0.3 is 75.6 Å². The van der Waals surface area contributed by atoms with Crippen molar-refractivity contribution in [3.05, 3.63) is 0 Å². The Bertz CT molecular complexity index is 13.6. The molecule has 0 saturated carbocycles. The Kier molecular flexibility index (Phi) is 17200. The fraction of sp³-hybridized carbons (Fsp3) is 0. The molecule has 83 valence electrons.